The van der Waals surface area contributed by atoms with Crippen molar-refractivity contribution < 1.29 is 33.8 Å². The molecular weight excluding hydrogens is 452 g/mol. The van der Waals surface area contributed by atoms with E-state index in [4.69, 9.17) is 4.74 Å². The fourth-order valence-corrected chi connectivity index (χ4v) is 4.18. The number of carboxylic acid groups (broad SMARTS) is 1. The first-order valence-electron chi connectivity index (χ1n) is 11.5. The van der Waals surface area contributed by atoms with Crippen molar-refractivity contribution in [1.29, 1.82) is 0 Å². The number of carbonyl (C=O) groups is 4. The second kappa shape index (κ2) is 11.5. The summed E-state index contributed by atoms with van der Waals surface area (Å²) in [4.78, 5) is 48.5. The number of alkyl carbamates (subject to hydrolysis) is 1. The van der Waals surface area contributed by atoms with Crippen molar-refractivity contribution >= 4 is 23.9 Å². The van der Waals surface area contributed by atoms with Crippen LogP contribution in [0.15, 0.2) is 48.5 Å². The van der Waals surface area contributed by atoms with E-state index in [2.05, 4.69) is 15.4 Å². The first-order valence-corrected chi connectivity index (χ1v) is 11.5. The van der Waals surface area contributed by atoms with Crippen LogP contribution in [0.3, 0.4) is 0 Å². The first kappa shape index (κ1) is 25.7. The SMILES string of the molecule is CCC(C)C(NC(=O)OCC1c2ccccc2-c2ccccc21)C(=O)N[C@H](CC(=O)OC)C(=O)O. The molecule has 0 fully saturated rings. The molecule has 2 aromatic carbocycles. The lowest BCUT2D eigenvalue weighted by Gasteiger charge is -2.25. The van der Waals surface area contributed by atoms with Gasteiger partial charge in [-0.2, -0.15) is 0 Å². The lowest BCUT2D eigenvalue weighted by molar-refractivity contribution is -0.149. The lowest BCUT2D eigenvalue weighted by Crippen LogP contribution is -2.54. The van der Waals surface area contributed by atoms with Crippen molar-refractivity contribution in [2.24, 2.45) is 5.92 Å². The molecule has 0 heterocycles. The number of methoxy groups -OCH3 is 1. The molecule has 0 radical (unpaired) electrons. The van der Waals surface area contributed by atoms with Gasteiger partial charge in [-0.1, -0.05) is 68.8 Å². The average molecular weight is 483 g/mol. The molecule has 0 spiro atoms. The van der Waals surface area contributed by atoms with Gasteiger partial charge in [0.2, 0.25) is 5.91 Å². The molecule has 0 bridgehead atoms. The second-order valence-electron chi connectivity index (χ2n) is 8.51. The molecule has 2 unspecified atom stereocenters. The second-order valence-corrected chi connectivity index (χ2v) is 8.51. The predicted octanol–water partition coefficient (Wildman–Crippen LogP) is 3.07. The van der Waals surface area contributed by atoms with E-state index in [1.54, 1.807) is 6.92 Å². The van der Waals surface area contributed by atoms with Gasteiger partial charge in [-0.15, -0.1) is 0 Å². The maximum absolute atomic E-state index is 12.9. The normalized spacial score (nSPS) is 14.6. The molecule has 0 aromatic heterocycles. The van der Waals surface area contributed by atoms with Crippen molar-refractivity contribution in [1.82, 2.24) is 10.6 Å². The van der Waals surface area contributed by atoms with E-state index >= 15 is 0 Å². The molecule has 35 heavy (non-hydrogen) atoms. The average Bonchev–Trinajstić information content (AvgIpc) is 3.18. The predicted molar refractivity (Wildman–Crippen MR) is 128 cm³/mol. The topological polar surface area (TPSA) is 131 Å². The Kier molecular flexibility index (Phi) is 8.46. The molecule has 0 saturated heterocycles. The van der Waals surface area contributed by atoms with Crippen molar-refractivity contribution in [2.75, 3.05) is 13.7 Å². The van der Waals surface area contributed by atoms with Crippen molar-refractivity contribution in [3.8, 4) is 11.1 Å². The Morgan fingerprint density at radius 1 is 0.971 bits per heavy atom. The molecule has 1 aliphatic rings. The van der Waals surface area contributed by atoms with Crippen LogP contribution < -0.4 is 10.6 Å². The van der Waals surface area contributed by atoms with Gasteiger partial charge in [0.25, 0.3) is 0 Å². The van der Waals surface area contributed by atoms with Gasteiger partial charge in [-0.3, -0.25) is 9.59 Å². The van der Waals surface area contributed by atoms with E-state index < -0.39 is 42.4 Å². The number of carbonyl (C=O) groups excluding carboxylic acids is 3. The minimum atomic E-state index is -1.48. The fourth-order valence-electron chi connectivity index (χ4n) is 4.18. The van der Waals surface area contributed by atoms with Gasteiger partial charge in [0, 0.05) is 5.92 Å². The van der Waals surface area contributed by atoms with Crippen LogP contribution in [0, 0.1) is 5.92 Å². The van der Waals surface area contributed by atoms with E-state index in [1.807, 2.05) is 55.5 Å². The Hall–Kier alpha value is -3.88. The van der Waals surface area contributed by atoms with Gasteiger partial charge in [-0.05, 0) is 28.2 Å². The van der Waals surface area contributed by atoms with Crippen molar-refractivity contribution in [3.63, 3.8) is 0 Å². The maximum atomic E-state index is 12.9. The monoisotopic (exact) mass is 482 g/mol. The van der Waals surface area contributed by atoms with Crippen molar-refractivity contribution in [3.05, 3.63) is 59.7 Å². The molecule has 9 nitrogen and oxygen atoms in total. The Labute approximate surface area is 203 Å². The minimum Gasteiger partial charge on any atom is -0.480 e. The standard InChI is InChI=1S/C26H30N2O7/c1-4-15(2)23(24(30)27-21(25(31)32)13-22(29)34-3)28-26(33)35-14-20-18-11-7-5-9-16(18)17-10-6-8-12-19(17)20/h5-12,15,20-21,23H,4,13-14H2,1-3H3,(H,27,30)(H,28,33)(H,31,32)/t15?,21-,23?/m1/s1. The Balaban J connectivity index is 1.68. The third-order valence-electron chi connectivity index (χ3n) is 6.33. The van der Waals surface area contributed by atoms with Gasteiger partial charge < -0.3 is 25.2 Å². The number of carboxylic acids is 1. The van der Waals surface area contributed by atoms with Gasteiger partial charge in [0.05, 0.1) is 13.5 Å². The van der Waals surface area contributed by atoms with Crippen LogP contribution in [-0.4, -0.2) is 54.8 Å². The summed E-state index contributed by atoms with van der Waals surface area (Å²) in [6, 6.07) is 13.4. The quantitative estimate of drug-likeness (QED) is 0.444. The molecule has 2 amide bonds. The number of rotatable bonds is 10. The van der Waals surface area contributed by atoms with Crippen LogP contribution in [0.5, 0.6) is 0 Å². The highest BCUT2D eigenvalue weighted by Crippen LogP contribution is 2.44. The smallest absolute Gasteiger partial charge is 0.407 e. The van der Waals surface area contributed by atoms with Gasteiger partial charge in [-0.25, -0.2) is 9.59 Å². The highest BCUT2D eigenvalue weighted by molar-refractivity contribution is 5.91. The third kappa shape index (κ3) is 5.98. The Morgan fingerprint density at radius 2 is 1.54 bits per heavy atom. The molecular formula is C26H30N2O7. The van der Waals surface area contributed by atoms with Crippen LogP contribution in [0.25, 0.3) is 11.1 Å². The first-order chi connectivity index (χ1) is 16.8. The Bertz CT molecular complexity index is 1060. The van der Waals surface area contributed by atoms with E-state index in [9.17, 15) is 24.3 Å². The largest absolute Gasteiger partial charge is 0.480 e. The zero-order chi connectivity index (χ0) is 25.5. The van der Waals surface area contributed by atoms with Gasteiger partial charge >= 0.3 is 18.0 Å². The number of aliphatic carboxylic acids is 1. The minimum absolute atomic E-state index is 0.0782. The van der Waals surface area contributed by atoms with Crippen LogP contribution in [0.1, 0.15) is 43.7 Å². The number of hydrogen-bond donors (Lipinski definition) is 3. The molecule has 3 N–H and O–H groups in total. The van der Waals surface area contributed by atoms with E-state index in [-0.39, 0.29) is 18.4 Å². The maximum Gasteiger partial charge on any atom is 0.407 e. The summed E-state index contributed by atoms with van der Waals surface area (Å²) in [6.45, 7) is 3.67. The number of benzene rings is 2. The molecule has 2 aromatic rings. The molecule has 9 heteroatoms. The van der Waals surface area contributed by atoms with Crippen LogP contribution in [-0.2, 0) is 23.9 Å². The summed E-state index contributed by atoms with van der Waals surface area (Å²) in [5.41, 5.74) is 4.31. The fraction of sp³-hybridized carbons (Fsp3) is 0.385. The van der Waals surface area contributed by atoms with E-state index in [1.165, 1.54) is 0 Å². The summed E-state index contributed by atoms with van der Waals surface area (Å²) in [5, 5.41) is 14.2. The number of amides is 2. The molecule has 3 atom stereocenters. The number of nitrogens with one attached hydrogen (secondary N) is 2. The summed E-state index contributed by atoms with van der Waals surface area (Å²) in [5.74, 6) is -3.33. The number of hydrogen-bond acceptors (Lipinski definition) is 6. The molecule has 3 rings (SSSR count). The summed E-state index contributed by atoms with van der Waals surface area (Å²) in [7, 11) is 1.13. The van der Waals surface area contributed by atoms with Gasteiger partial charge in [0.15, 0.2) is 0 Å². The number of esters is 1. The summed E-state index contributed by atoms with van der Waals surface area (Å²) in [6.07, 6.45) is -0.779. The highest BCUT2D eigenvalue weighted by atomic mass is 16.5. The molecule has 0 saturated carbocycles. The summed E-state index contributed by atoms with van der Waals surface area (Å²) < 4.78 is 10.0. The van der Waals surface area contributed by atoms with E-state index in [0.29, 0.717) is 6.42 Å². The van der Waals surface area contributed by atoms with Crippen LogP contribution >= 0.6 is 0 Å². The van der Waals surface area contributed by atoms with Crippen LogP contribution in [0.4, 0.5) is 4.79 Å². The summed E-state index contributed by atoms with van der Waals surface area (Å²) >= 11 is 0. The molecule has 0 aliphatic heterocycles. The zero-order valence-electron chi connectivity index (χ0n) is 19.9. The van der Waals surface area contributed by atoms with Crippen LogP contribution in [0.2, 0.25) is 0 Å². The number of fused-ring (bicyclic) bond motifs is 3. The molecule has 186 valence electrons. The third-order valence-corrected chi connectivity index (χ3v) is 6.33. The molecule has 1 aliphatic carbocycles. The van der Waals surface area contributed by atoms with Crippen molar-refractivity contribution in [2.45, 2.75) is 44.7 Å². The van der Waals surface area contributed by atoms with Gasteiger partial charge in [0.1, 0.15) is 18.7 Å². The van der Waals surface area contributed by atoms with E-state index in [0.717, 1.165) is 29.4 Å². The highest BCUT2D eigenvalue weighted by Gasteiger charge is 2.33. The lowest BCUT2D eigenvalue weighted by atomic mass is 9.97. The Morgan fingerprint density at radius 3 is 2.06 bits per heavy atom. The number of ether oxygens (including phenoxy) is 2. The zero-order valence-corrected chi connectivity index (χ0v) is 19.9.